The molecule has 0 bridgehead atoms. The third-order valence-electron chi connectivity index (χ3n) is 1.25. The Morgan fingerprint density at radius 1 is 1.70 bits per heavy atom. The fraction of sp³-hybridized carbons (Fsp3) is 0.667. The zero-order valence-corrected chi connectivity index (χ0v) is 5.89. The van der Waals surface area contributed by atoms with Crippen molar-refractivity contribution in [1.29, 1.82) is 0 Å². The number of rotatable bonds is 3. The van der Waals surface area contributed by atoms with Gasteiger partial charge in [-0.3, -0.25) is 9.51 Å². The van der Waals surface area contributed by atoms with Crippen molar-refractivity contribution in [2.75, 3.05) is 0 Å². The zero-order chi connectivity index (χ0) is 7.40. The predicted octanol–water partition coefficient (Wildman–Crippen LogP) is 0.706. The van der Waals surface area contributed by atoms with E-state index in [1.54, 1.807) is 0 Å². The molecule has 4 nitrogen and oxygen atoms in total. The molecule has 0 aliphatic carbocycles. The van der Waals surface area contributed by atoms with E-state index < -0.39 is 5.76 Å². The Morgan fingerprint density at radius 3 is 3.00 bits per heavy atom. The van der Waals surface area contributed by atoms with Gasteiger partial charge in [0.2, 0.25) is 0 Å². The van der Waals surface area contributed by atoms with Gasteiger partial charge in [0.15, 0.2) is 5.82 Å². The van der Waals surface area contributed by atoms with Gasteiger partial charge in [-0.2, -0.15) is 0 Å². The minimum Gasteiger partial charge on any atom is -0.296 e. The normalized spacial score (nSPS) is 10.1. The third-order valence-corrected chi connectivity index (χ3v) is 1.25. The van der Waals surface area contributed by atoms with Gasteiger partial charge in [0.05, 0.1) is 0 Å². The number of aryl methyl sites for hydroxylation is 1. The number of hydrogen-bond acceptors (Lipinski definition) is 3. The highest BCUT2D eigenvalue weighted by atomic mass is 16.5. The molecular weight excluding hydrogens is 132 g/mol. The molecule has 0 radical (unpaired) electrons. The van der Waals surface area contributed by atoms with Crippen molar-refractivity contribution in [3.8, 4) is 0 Å². The molecule has 0 aromatic carbocycles. The summed E-state index contributed by atoms with van der Waals surface area (Å²) >= 11 is 0. The largest absolute Gasteiger partial charge is 0.438 e. The molecule has 10 heavy (non-hydrogen) atoms. The summed E-state index contributed by atoms with van der Waals surface area (Å²) in [5, 5.41) is 3.51. The van der Waals surface area contributed by atoms with Crippen LogP contribution < -0.4 is 5.76 Å². The lowest BCUT2D eigenvalue weighted by molar-refractivity contribution is 0.380. The third kappa shape index (κ3) is 1.72. The number of nitrogens with one attached hydrogen (secondary N) is 1. The Morgan fingerprint density at radius 2 is 2.50 bits per heavy atom. The fourth-order valence-corrected chi connectivity index (χ4v) is 0.712. The summed E-state index contributed by atoms with van der Waals surface area (Å²) in [5.74, 6) is 0.179. The second-order valence-electron chi connectivity index (χ2n) is 2.15. The first-order valence-corrected chi connectivity index (χ1v) is 3.38. The smallest absolute Gasteiger partial charge is 0.296 e. The van der Waals surface area contributed by atoms with E-state index in [4.69, 9.17) is 0 Å². The molecule has 0 aliphatic rings. The highest BCUT2D eigenvalue weighted by Gasteiger charge is 1.97. The molecule has 1 rings (SSSR count). The summed E-state index contributed by atoms with van der Waals surface area (Å²) in [6, 6.07) is 0. The first kappa shape index (κ1) is 7.05. The van der Waals surface area contributed by atoms with E-state index in [1.807, 2.05) is 0 Å². The molecule has 1 N–H and O–H groups in total. The summed E-state index contributed by atoms with van der Waals surface area (Å²) in [6.45, 7) is 2.08. The average Bonchev–Trinajstić information content (AvgIpc) is 2.31. The van der Waals surface area contributed by atoms with Crippen molar-refractivity contribution in [1.82, 2.24) is 10.1 Å². The standard InChI is InChI=1S/C6H10N2O2/c1-2-3-4-5-7-6(9)10-8-5/h2-4H2,1H3,(H,7,8,9). The van der Waals surface area contributed by atoms with Gasteiger partial charge in [-0.15, -0.1) is 0 Å². The summed E-state index contributed by atoms with van der Waals surface area (Å²) in [6.07, 6.45) is 2.92. The molecule has 0 aliphatic heterocycles. The lowest BCUT2D eigenvalue weighted by atomic mass is 10.2. The van der Waals surface area contributed by atoms with Crippen LogP contribution in [-0.4, -0.2) is 10.1 Å². The van der Waals surface area contributed by atoms with E-state index in [1.165, 1.54) is 0 Å². The number of aromatic nitrogens is 2. The van der Waals surface area contributed by atoms with Crippen molar-refractivity contribution in [2.24, 2.45) is 0 Å². The van der Waals surface area contributed by atoms with Crippen LogP contribution in [0.15, 0.2) is 9.32 Å². The number of aromatic amines is 1. The van der Waals surface area contributed by atoms with Crippen LogP contribution in [0.2, 0.25) is 0 Å². The van der Waals surface area contributed by atoms with Crippen molar-refractivity contribution < 1.29 is 4.52 Å². The molecule has 0 amide bonds. The fourth-order valence-electron chi connectivity index (χ4n) is 0.712. The average molecular weight is 142 g/mol. The van der Waals surface area contributed by atoms with Crippen LogP contribution in [0.25, 0.3) is 0 Å². The Bertz CT molecular complexity index is 238. The number of nitrogens with zero attached hydrogens (tertiary/aromatic N) is 1. The second-order valence-corrected chi connectivity index (χ2v) is 2.15. The van der Waals surface area contributed by atoms with Crippen LogP contribution in [0.3, 0.4) is 0 Å². The van der Waals surface area contributed by atoms with Gasteiger partial charge in [0.25, 0.3) is 0 Å². The summed E-state index contributed by atoms with van der Waals surface area (Å²) < 4.78 is 4.30. The monoisotopic (exact) mass is 142 g/mol. The van der Waals surface area contributed by atoms with Crippen LogP contribution in [0.5, 0.6) is 0 Å². The van der Waals surface area contributed by atoms with Crippen LogP contribution in [0, 0.1) is 0 Å². The van der Waals surface area contributed by atoms with E-state index in [-0.39, 0.29) is 0 Å². The van der Waals surface area contributed by atoms with E-state index >= 15 is 0 Å². The lowest BCUT2D eigenvalue weighted by Crippen LogP contribution is -1.96. The molecule has 0 fully saturated rings. The number of H-pyrrole nitrogens is 1. The van der Waals surface area contributed by atoms with Gasteiger partial charge in [-0.25, -0.2) is 4.79 Å². The van der Waals surface area contributed by atoms with Crippen molar-refractivity contribution in [3.63, 3.8) is 0 Å². The van der Waals surface area contributed by atoms with Gasteiger partial charge < -0.3 is 0 Å². The van der Waals surface area contributed by atoms with Crippen molar-refractivity contribution in [3.05, 3.63) is 16.4 Å². The van der Waals surface area contributed by atoms with Crippen LogP contribution >= 0.6 is 0 Å². The SMILES string of the molecule is CCCCc1noc(=O)[nH]1. The molecule has 1 aromatic rings. The molecule has 0 unspecified atom stereocenters. The minimum atomic E-state index is -0.467. The van der Waals surface area contributed by atoms with E-state index in [0.717, 1.165) is 19.3 Å². The maximum Gasteiger partial charge on any atom is 0.438 e. The molecule has 0 saturated heterocycles. The number of hydrogen-bond donors (Lipinski definition) is 1. The predicted molar refractivity (Wildman–Crippen MR) is 35.7 cm³/mol. The Labute approximate surface area is 58.2 Å². The molecule has 0 saturated carbocycles. The molecule has 0 atom stereocenters. The quantitative estimate of drug-likeness (QED) is 0.676. The van der Waals surface area contributed by atoms with E-state index in [0.29, 0.717) is 5.82 Å². The van der Waals surface area contributed by atoms with Crippen LogP contribution in [-0.2, 0) is 6.42 Å². The summed E-state index contributed by atoms with van der Waals surface area (Å²) in [7, 11) is 0. The van der Waals surface area contributed by atoms with Crippen LogP contribution in [0.4, 0.5) is 0 Å². The van der Waals surface area contributed by atoms with E-state index in [9.17, 15) is 4.79 Å². The highest BCUT2D eigenvalue weighted by Crippen LogP contribution is 1.94. The lowest BCUT2D eigenvalue weighted by Gasteiger charge is -1.87. The maximum absolute atomic E-state index is 10.4. The first-order valence-electron chi connectivity index (χ1n) is 3.38. The Hall–Kier alpha value is -1.06. The zero-order valence-electron chi connectivity index (χ0n) is 5.89. The minimum absolute atomic E-state index is 0.467. The van der Waals surface area contributed by atoms with Gasteiger partial charge in [-0.05, 0) is 6.42 Å². The van der Waals surface area contributed by atoms with Crippen LogP contribution in [0.1, 0.15) is 25.6 Å². The van der Waals surface area contributed by atoms with Gasteiger partial charge >= 0.3 is 5.76 Å². The summed E-state index contributed by atoms with van der Waals surface area (Å²) in [4.78, 5) is 12.8. The van der Waals surface area contributed by atoms with E-state index in [2.05, 4.69) is 21.6 Å². The molecular formula is C6H10N2O2. The first-order chi connectivity index (χ1) is 4.83. The van der Waals surface area contributed by atoms with Gasteiger partial charge in [0, 0.05) is 6.42 Å². The molecule has 0 spiro atoms. The van der Waals surface area contributed by atoms with Gasteiger partial charge in [-0.1, -0.05) is 18.5 Å². The Kier molecular flexibility index (Phi) is 2.25. The summed E-state index contributed by atoms with van der Waals surface area (Å²) in [5.41, 5.74) is 0. The highest BCUT2D eigenvalue weighted by molar-refractivity contribution is 4.77. The molecule has 56 valence electrons. The Balaban J connectivity index is 2.50. The van der Waals surface area contributed by atoms with Crippen molar-refractivity contribution in [2.45, 2.75) is 26.2 Å². The second kappa shape index (κ2) is 3.20. The number of unbranched alkanes of at least 4 members (excludes halogenated alkanes) is 1. The molecule has 1 heterocycles. The maximum atomic E-state index is 10.4. The molecule has 1 aromatic heterocycles. The van der Waals surface area contributed by atoms with Gasteiger partial charge in [0.1, 0.15) is 0 Å². The molecule has 4 heteroatoms. The topological polar surface area (TPSA) is 58.9 Å². The van der Waals surface area contributed by atoms with Crippen molar-refractivity contribution >= 4 is 0 Å².